The molecule has 0 bridgehead atoms. The van der Waals surface area contributed by atoms with Crippen LogP contribution in [0.3, 0.4) is 0 Å². The topological polar surface area (TPSA) is 101 Å². The number of primary amides is 1. The summed E-state index contributed by atoms with van der Waals surface area (Å²) >= 11 is 0. The first-order valence-corrected chi connectivity index (χ1v) is 10.2. The minimum Gasteiger partial charge on any atom is -0.369 e. The molecule has 0 spiro atoms. The van der Waals surface area contributed by atoms with E-state index in [-0.39, 0.29) is 30.8 Å². The average molecular weight is 367 g/mol. The number of amides is 2. The molecule has 1 fully saturated rings. The molecule has 8 heteroatoms. The molecule has 1 aliphatic rings. The molecule has 138 valence electrons. The Morgan fingerprint density at radius 1 is 1.20 bits per heavy atom. The standard InChI is InChI=1S/C17H25N3O4S/c1-25(23,24)20(12-7-14-5-3-2-4-6-14)13-16(21)19-10-8-15(9-11-19)17(18)22/h2-6,15H,7-13H2,1H3,(H2,18,22). The van der Waals surface area contributed by atoms with Crippen LogP contribution in [0.4, 0.5) is 0 Å². The largest absolute Gasteiger partial charge is 0.369 e. The van der Waals surface area contributed by atoms with Crippen LogP contribution in [0.25, 0.3) is 0 Å². The van der Waals surface area contributed by atoms with E-state index in [9.17, 15) is 18.0 Å². The highest BCUT2D eigenvalue weighted by Crippen LogP contribution is 2.17. The summed E-state index contributed by atoms with van der Waals surface area (Å²) in [7, 11) is -3.48. The molecule has 0 atom stereocenters. The van der Waals surface area contributed by atoms with E-state index < -0.39 is 10.0 Å². The molecule has 0 aromatic heterocycles. The van der Waals surface area contributed by atoms with Gasteiger partial charge in [0.2, 0.25) is 21.8 Å². The Kier molecular flexibility index (Phi) is 6.55. The van der Waals surface area contributed by atoms with Crippen LogP contribution < -0.4 is 5.73 Å². The van der Waals surface area contributed by atoms with Crippen LogP contribution in [-0.2, 0) is 26.0 Å². The number of sulfonamides is 1. The minimum absolute atomic E-state index is 0.174. The molecule has 0 aliphatic carbocycles. The van der Waals surface area contributed by atoms with E-state index in [1.165, 1.54) is 4.31 Å². The van der Waals surface area contributed by atoms with Gasteiger partial charge in [-0.1, -0.05) is 30.3 Å². The molecule has 0 saturated carbocycles. The summed E-state index contributed by atoms with van der Waals surface area (Å²) in [4.78, 5) is 25.2. The van der Waals surface area contributed by atoms with Crippen molar-refractivity contribution in [1.82, 2.24) is 9.21 Å². The summed E-state index contributed by atoms with van der Waals surface area (Å²) in [6, 6.07) is 9.55. The third kappa shape index (κ3) is 5.82. The molecule has 1 heterocycles. The highest BCUT2D eigenvalue weighted by molar-refractivity contribution is 7.88. The first-order valence-electron chi connectivity index (χ1n) is 8.33. The van der Waals surface area contributed by atoms with Crippen LogP contribution in [0, 0.1) is 5.92 Å². The van der Waals surface area contributed by atoms with Crippen molar-refractivity contribution in [2.75, 3.05) is 32.4 Å². The fourth-order valence-electron chi connectivity index (χ4n) is 2.92. The third-order valence-electron chi connectivity index (χ3n) is 4.52. The molecule has 2 amide bonds. The van der Waals surface area contributed by atoms with Gasteiger partial charge in [0.05, 0.1) is 12.8 Å². The number of carbonyl (C=O) groups is 2. The highest BCUT2D eigenvalue weighted by Gasteiger charge is 2.28. The van der Waals surface area contributed by atoms with E-state index in [1.807, 2.05) is 30.3 Å². The number of nitrogens with zero attached hydrogens (tertiary/aromatic N) is 2. The van der Waals surface area contributed by atoms with Gasteiger partial charge in [0.25, 0.3) is 0 Å². The molecule has 1 saturated heterocycles. The maximum Gasteiger partial charge on any atom is 0.237 e. The zero-order valence-electron chi connectivity index (χ0n) is 14.4. The molecule has 7 nitrogen and oxygen atoms in total. The number of nitrogens with two attached hydrogens (primary N) is 1. The molecule has 2 N–H and O–H groups in total. The van der Waals surface area contributed by atoms with Crippen molar-refractivity contribution in [3.63, 3.8) is 0 Å². The maximum atomic E-state index is 12.4. The number of benzene rings is 1. The van der Waals surface area contributed by atoms with Crippen molar-refractivity contribution in [3.05, 3.63) is 35.9 Å². The molecule has 25 heavy (non-hydrogen) atoms. The number of hydrogen-bond acceptors (Lipinski definition) is 4. The summed E-state index contributed by atoms with van der Waals surface area (Å²) in [5, 5.41) is 0. The Hall–Kier alpha value is -1.93. The number of likely N-dealkylation sites (tertiary alicyclic amines) is 1. The minimum atomic E-state index is -3.48. The second-order valence-electron chi connectivity index (χ2n) is 6.39. The van der Waals surface area contributed by atoms with Crippen molar-refractivity contribution in [3.8, 4) is 0 Å². The zero-order valence-corrected chi connectivity index (χ0v) is 15.2. The van der Waals surface area contributed by atoms with E-state index in [0.717, 1.165) is 11.8 Å². The lowest BCUT2D eigenvalue weighted by Gasteiger charge is -2.32. The quantitative estimate of drug-likeness (QED) is 0.745. The predicted octanol–water partition coefficient (Wildman–Crippen LogP) is 0.215. The zero-order chi connectivity index (χ0) is 18.4. The molecular weight excluding hydrogens is 342 g/mol. The third-order valence-corrected chi connectivity index (χ3v) is 5.77. The molecule has 0 unspecified atom stereocenters. The lowest BCUT2D eigenvalue weighted by atomic mass is 9.96. The van der Waals surface area contributed by atoms with Crippen LogP contribution in [0.15, 0.2) is 30.3 Å². The summed E-state index contributed by atoms with van der Waals surface area (Å²) in [6.45, 7) is 0.949. The Labute approximate surface area is 148 Å². The summed E-state index contributed by atoms with van der Waals surface area (Å²) in [5.41, 5.74) is 6.31. The first kappa shape index (κ1) is 19.4. The lowest BCUT2D eigenvalue weighted by molar-refractivity contribution is -0.135. The second-order valence-corrected chi connectivity index (χ2v) is 8.37. The van der Waals surface area contributed by atoms with Gasteiger partial charge in [0.15, 0.2) is 0 Å². The van der Waals surface area contributed by atoms with Crippen molar-refractivity contribution < 1.29 is 18.0 Å². The smallest absolute Gasteiger partial charge is 0.237 e. The van der Waals surface area contributed by atoms with Gasteiger partial charge in [-0.3, -0.25) is 9.59 Å². The van der Waals surface area contributed by atoms with Gasteiger partial charge in [-0.15, -0.1) is 0 Å². The number of hydrogen-bond donors (Lipinski definition) is 1. The first-order chi connectivity index (χ1) is 11.8. The molecule has 0 radical (unpaired) electrons. The average Bonchev–Trinajstić information content (AvgIpc) is 2.58. The summed E-state index contributed by atoms with van der Waals surface area (Å²) in [5.74, 6) is -0.776. The fourth-order valence-corrected chi connectivity index (χ4v) is 3.69. The van der Waals surface area contributed by atoms with Crippen LogP contribution in [0.2, 0.25) is 0 Å². The van der Waals surface area contributed by atoms with Crippen LogP contribution >= 0.6 is 0 Å². The van der Waals surface area contributed by atoms with Gasteiger partial charge in [-0.2, -0.15) is 4.31 Å². The summed E-state index contributed by atoms with van der Waals surface area (Å²) < 4.78 is 25.2. The predicted molar refractivity (Wildman–Crippen MR) is 95.1 cm³/mol. The Bertz CT molecular complexity index is 698. The van der Waals surface area contributed by atoms with E-state index in [0.29, 0.717) is 32.4 Å². The van der Waals surface area contributed by atoms with Gasteiger partial charge < -0.3 is 10.6 Å². The maximum absolute atomic E-state index is 12.4. The Morgan fingerprint density at radius 3 is 2.32 bits per heavy atom. The second kappa shape index (κ2) is 8.44. The Balaban J connectivity index is 1.93. The van der Waals surface area contributed by atoms with Gasteiger partial charge in [-0.05, 0) is 24.8 Å². The van der Waals surface area contributed by atoms with Crippen molar-refractivity contribution in [2.24, 2.45) is 11.7 Å². The van der Waals surface area contributed by atoms with Crippen LogP contribution in [0.1, 0.15) is 18.4 Å². The van der Waals surface area contributed by atoms with Crippen LogP contribution in [-0.4, -0.2) is 61.9 Å². The molecule has 1 aliphatic heterocycles. The number of piperidine rings is 1. The van der Waals surface area contributed by atoms with Crippen molar-refractivity contribution in [2.45, 2.75) is 19.3 Å². The van der Waals surface area contributed by atoms with Crippen LogP contribution in [0.5, 0.6) is 0 Å². The van der Waals surface area contributed by atoms with E-state index in [1.54, 1.807) is 4.90 Å². The van der Waals surface area contributed by atoms with Gasteiger partial charge >= 0.3 is 0 Å². The monoisotopic (exact) mass is 367 g/mol. The molecule has 1 aromatic rings. The molecule has 1 aromatic carbocycles. The SMILES string of the molecule is CS(=O)(=O)N(CCc1ccccc1)CC(=O)N1CCC(C(N)=O)CC1. The molecule has 2 rings (SSSR count). The van der Waals surface area contributed by atoms with Gasteiger partial charge in [-0.25, -0.2) is 8.42 Å². The fraction of sp³-hybridized carbons (Fsp3) is 0.529. The van der Waals surface area contributed by atoms with Gasteiger partial charge in [0, 0.05) is 25.6 Å². The van der Waals surface area contributed by atoms with Gasteiger partial charge in [0.1, 0.15) is 0 Å². The van der Waals surface area contributed by atoms with E-state index in [4.69, 9.17) is 5.73 Å². The van der Waals surface area contributed by atoms with Crippen molar-refractivity contribution >= 4 is 21.8 Å². The molecular formula is C17H25N3O4S. The Morgan fingerprint density at radius 2 is 1.80 bits per heavy atom. The number of carbonyl (C=O) groups excluding carboxylic acids is 2. The lowest BCUT2D eigenvalue weighted by Crippen LogP contribution is -2.47. The van der Waals surface area contributed by atoms with Crippen molar-refractivity contribution in [1.29, 1.82) is 0 Å². The normalized spacial score (nSPS) is 16.2. The van der Waals surface area contributed by atoms with E-state index in [2.05, 4.69) is 0 Å². The highest BCUT2D eigenvalue weighted by atomic mass is 32.2. The summed E-state index contributed by atoms with van der Waals surface area (Å²) in [6.07, 6.45) is 2.73. The number of rotatable bonds is 7. The van der Waals surface area contributed by atoms with E-state index >= 15 is 0 Å².